The van der Waals surface area contributed by atoms with Crippen LogP contribution in [0.2, 0.25) is 0 Å². The van der Waals surface area contributed by atoms with Gasteiger partial charge in [-0.2, -0.15) is 13.2 Å². The fraction of sp³-hybridized carbons (Fsp3) is 0.571. The average Bonchev–Trinajstić information content (AvgIpc) is 3.09. The molecule has 0 N–H and O–H groups in total. The van der Waals surface area contributed by atoms with Crippen molar-refractivity contribution in [3.63, 3.8) is 0 Å². The number of alkyl halides is 3. The van der Waals surface area contributed by atoms with Crippen LogP contribution in [-0.2, 0) is 13.0 Å². The number of benzene rings is 1. The molecule has 1 aliphatic heterocycles. The summed E-state index contributed by atoms with van der Waals surface area (Å²) in [5.74, 6) is 0. The Kier molecular flexibility index (Phi) is 2.66. The van der Waals surface area contributed by atoms with E-state index in [9.17, 15) is 13.2 Å². The molecule has 1 nitrogen and oxygen atoms in total. The van der Waals surface area contributed by atoms with E-state index in [0.717, 1.165) is 13.0 Å². The lowest BCUT2D eigenvalue weighted by atomic mass is 9.98. The monoisotopic (exact) mass is 255 g/mol. The topological polar surface area (TPSA) is 3.24 Å². The zero-order chi connectivity index (χ0) is 12.8. The van der Waals surface area contributed by atoms with Crippen molar-refractivity contribution < 1.29 is 13.2 Å². The van der Waals surface area contributed by atoms with Crippen LogP contribution in [0.15, 0.2) is 24.3 Å². The molecule has 3 rings (SSSR count). The van der Waals surface area contributed by atoms with E-state index >= 15 is 0 Å². The molecular formula is C14H16F3N. The average molecular weight is 255 g/mol. The quantitative estimate of drug-likeness (QED) is 0.783. The second-order valence-electron chi connectivity index (χ2n) is 5.51. The normalized spacial score (nSPS) is 22.6. The number of hydrogen-bond acceptors (Lipinski definition) is 1. The zero-order valence-corrected chi connectivity index (χ0v) is 10.1. The minimum absolute atomic E-state index is 0.171. The molecule has 0 saturated heterocycles. The van der Waals surface area contributed by atoms with Crippen molar-refractivity contribution >= 4 is 0 Å². The van der Waals surface area contributed by atoms with Crippen LogP contribution >= 0.6 is 0 Å². The number of nitrogens with zero attached hydrogens (tertiary/aromatic N) is 1. The van der Waals surface area contributed by atoms with Gasteiger partial charge in [-0.25, -0.2) is 0 Å². The first-order chi connectivity index (χ1) is 8.50. The number of rotatable bonds is 2. The van der Waals surface area contributed by atoms with Gasteiger partial charge >= 0.3 is 6.18 Å². The standard InChI is InChI=1S/C14H16F3N/c15-14(16,17)13(6-7-13)10-18-8-5-11-3-1-2-4-12(11)9-18/h1-4H,5-10H2. The third-order valence-corrected chi connectivity index (χ3v) is 4.19. The van der Waals surface area contributed by atoms with Gasteiger partial charge in [0.1, 0.15) is 0 Å². The third kappa shape index (κ3) is 2.03. The summed E-state index contributed by atoms with van der Waals surface area (Å²) >= 11 is 0. The summed E-state index contributed by atoms with van der Waals surface area (Å²) in [6.07, 6.45) is -2.57. The highest BCUT2D eigenvalue weighted by molar-refractivity contribution is 5.29. The van der Waals surface area contributed by atoms with Crippen LogP contribution in [0, 0.1) is 5.41 Å². The fourth-order valence-electron chi connectivity index (χ4n) is 2.80. The Morgan fingerprint density at radius 3 is 2.39 bits per heavy atom. The molecule has 0 atom stereocenters. The zero-order valence-electron chi connectivity index (χ0n) is 10.1. The van der Waals surface area contributed by atoms with E-state index in [4.69, 9.17) is 0 Å². The lowest BCUT2D eigenvalue weighted by Crippen LogP contribution is -2.40. The molecule has 1 heterocycles. The van der Waals surface area contributed by atoms with E-state index < -0.39 is 11.6 Å². The van der Waals surface area contributed by atoms with Crippen LogP contribution in [0.5, 0.6) is 0 Å². The van der Waals surface area contributed by atoms with Crippen LogP contribution < -0.4 is 0 Å². The molecule has 0 amide bonds. The van der Waals surface area contributed by atoms with Crippen LogP contribution in [0.25, 0.3) is 0 Å². The van der Waals surface area contributed by atoms with Crippen LogP contribution in [0.4, 0.5) is 13.2 Å². The van der Waals surface area contributed by atoms with Crippen molar-refractivity contribution in [2.24, 2.45) is 5.41 Å². The van der Waals surface area contributed by atoms with Gasteiger partial charge in [0.15, 0.2) is 0 Å². The molecule has 1 aliphatic carbocycles. The summed E-state index contributed by atoms with van der Waals surface area (Å²) in [4.78, 5) is 1.96. The lowest BCUT2D eigenvalue weighted by molar-refractivity contribution is -0.192. The Morgan fingerprint density at radius 1 is 1.11 bits per heavy atom. The van der Waals surface area contributed by atoms with E-state index in [1.165, 1.54) is 11.1 Å². The molecular weight excluding hydrogens is 239 g/mol. The van der Waals surface area contributed by atoms with Crippen molar-refractivity contribution in [1.29, 1.82) is 0 Å². The van der Waals surface area contributed by atoms with Gasteiger partial charge in [0, 0.05) is 19.6 Å². The first-order valence-electron chi connectivity index (χ1n) is 6.36. The van der Waals surface area contributed by atoms with Gasteiger partial charge in [-0.1, -0.05) is 24.3 Å². The summed E-state index contributed by atoms with van der Waals surface area (Å²) in [5.41, 5.74) is 1.06. The molecule has 98 valence electrons. The Bertz CT molecular complexity index is 449. The van der Waals surface area contributed by atoms with Crippen molar-refractivity contribution in [1.82, 2.24) is 4.90 Å². The molecule has 0 radical (unpaired) electrons. The van der Waals surface area contributed by atoms with Gasteiger partial charge in [-0.15, -0.1) is 0 Å². The Morgan fingerprint density at radius 2 is 1.78 bits per heavy atom. The van der Waals surface area contributed by atoms with Crippen LogP contribution in [0.3, 0.4) is 0 Å². The van der Waals surface area contributed by atoms with E-state index in [1.54, 1.807) is 0 Å². The maximum atomic E-state index is 12.9. The summed E-state index contributed by atoms with van der Waals surface area (Å²) in [5, 5.41) is 0. The SMILES string of the molecule is FC(F)(F)C1(CN2CCc3ccccc3C2)CC1. The van der Waals surface area contributed by atoms with E-state index in [2.05, 4.69) is 6.07 Å². The molecule has 1 aromatic carbocycles. The highest BCUT2D eigenvalue weighted by atomic mass is 19.4. The van der Waals surface area contributed by atoms with Gasteiger partial charge in [0.2, 0.25) is 0 Å². The predicted molar refractivity (Wildman–Crippen MR) is 63.1 cm³/mol. The number of hydrogen-bond donors (Lipinski definition) is 0. The maximum absolute atomic E-state index is 12.9. The summed E-state index contributed by atoms with van der Waals surface area (Å²) in [6, 6.07) is 8.05. The highest BCUT2D eigenvalue weighted by Crippen LogP contribution is 2.58. The van der Waals surface area contributed by atoms with Gasteiger partial charge in [0.05, 0.1) is 5.41 Å². The Labute approximate surface area is 105 Å². The lowest BCUT2D eigenvalue weighted by Gasteiger charge is -2.32. The van der Waals surface area contributed by atoms with E-state index in [0.29, 0.717) is 19.4 Å². The molecule has 0 spiro atoms. The van der Waals surface area contributed by atoms with Gasteiger partial charge < -0.3 is 0 Å². The largest absolute Gasteiger partial charge is 0.395 e. The fourth-order valence-corrected chi connectivity index (χ4v) is 2.80. The molecule has 2 aliphatic rings. The second kappa shape index (κ2) is 3.98. The van der Waals surface area contributed by atoms with E-state index in [-0.39, 0.29) is 6.54 Å². The Hall–Kier alpha value is -1.03. The van der Waals surface area contributed by atoms with Gasteiger partial charge in [-0.3, -0.25) is 4.90 Å². The number of halogens is 3. The number of fused-ring (bicyclic) bond motifs is 1. The molecule has 18 heavy (non-hydrogen) atoms. The van der Waals surface area contributed by atoms with Crippen LogP contribution in [0.1, 0.15) is 24.0 Å². The first-order valence-corrected chi connectivity index (χ1v) is 6.36. The van der Waals surface area contributed by atoms with E-state index in [1.807, 2.05) is 23.1 Å². The van der Waals surface area contributed by atoms with Gasteiger partial charge in [0.25, 0.3) is 0 Å². The Balaban J connectivity index is 1.71. The van der Waals surface area contributed by atoms with Crippen molar-refractivity contribution in [3.05, 3.63) is 35.4 Å². The molecule has 4 heteroatoms. The molecule has 1 aromatic rings. The van der Waals surface area contributed by atoms with Crippen molar-refractivity contribution in [2.45, 2.75) is 32.0 Å². The van der Waals surface area contributed by atoms with Crippen molar-refractivity contribution in [3.8, 4) is 0 Å². The van der Waals surface area contributed by atoms with Crippen LogP contribution in [-0.4, -0.2) is 24.2 Å². The summed E-state index contributed by atoms with van der Waals surface area (Å²) < 4.78 is 38.8. The maximum Gasteiger partial charge on any atom is 0.395 e. The summed E-state index contributed by atoms with van der Waals surface area (Å²) in [6.45, 7) is 1.58. The van der Waals surface area contributed by atoms with Gasteiger partial charge in [-0.05, 0) is 30.4 Å². The molecule has 0 unspecified atom stereocenters. The second-order valence-corrected chi connectivity index (χ2v) is 5.51. The molecule has 0 bridgehead atoms. The molecule has 1 saturated carbocycles. The summed E-state index contributed by atoms with van der Waals surface area (Å²) in [7, 11) is 0. The smallest absolute Gasteiger partial charge is 0.298 e. The predicted octanol–water partition coefficient (Wildman–Crippen LogP) is 3.39. The molecule has 1 fully saturated rings. The molecule has 0 aromatic heterocycles. The minimum atomic E-state index is -4.04. The highest BCUT2D eigenvalue weighted by Gasteiger charge is 2.63. The third-order valence-electron chi connectivity index (χ3n) is 4.19. The van der Waals surface area contributed by atoms with Crippen molar-refractivity contribution in [2.75, 3.05) is 13.1 Å². The first kappa shape index (κ1) is 12.0. The minimum Gasteiger partial charge on any atom is -0.298 e.